The van der Waals surface area contributed by atoms with Crippen molar-refractivity contribution in [1.29, 1.82) is 0 Å². The van der Waals surface area contributed by atoms with Crippen LogP contribution in [0.1, 0.15) is 24.6 Å². The van der Waals surface area contributed by atoms with Crippen LogP contribution in [0.4, 0.5) is 14.9 Å². The summed E-state index contributed by atoms with van der Waals surface area (Å²) in [5, 5.41) is 4.76. The molecule has 6 heteroatoms. The van der Waals surface area contributed by atoms with Gasteiger partial charge in [0.15, 0.2) is 0 Å². The first-order valence-corrected chi connectivity index (χ1v) is 9.62. The zero-order valence-electron chi connectivity index (χ0n) is 14.5. The molecule has 4 nitrogen and oxygen atoms in total. The van der Waals surface area contributed by atoms with Crippen molar-refractivity contribution in [3.05, 3.63) is 52.5 Å². The first-order chi connectivity index (χ1) is 12.2. The number of likely N-dealkylation sites (tertiary alicyclic amines) is 1. The number of hydrogen-bond acceptors (Lipinski definition) is 3. The van der Waals surface area contributed by atoms with E-state index in [1.54, 1.807) is 29.5 Å². The average Bonchev–Trinajstić information content (AvgIpc) is 3.15. The van der Waals surface area contributed by atoms with Crippen molar-refractivity contribution in [1.82, 2.24) is 9.80 Å². The maximum atomic E-state index is 13.9. The number of thiophene rings is 1. The Bertz CT molecular complexity index is 684. The highest BCUT2D eigenvalue weighted by atomic mass is 32.1. The molecule has 0 bridgehead atoms. The van der Waals surface area contributed by atoms with Crippen LogP contribution in [0.25, 0.3) is 0 Å². The molecule has 2 aromatic rings. The fraction of sp³-hybridized carbons (Fsp3) is 0.421. The maximum absolute atomic E-state index is 13.9. The van der Waals surface area contributed by atoms with E-state index >= 15 is 0 Å². The molecule has 1 aliphatic rings. The van der Waals surface area contributed by atoms with Crippen molar-refractivity contribution >= 4 is 23.1 Å². The zero-order chi connectivity index (χ0) is 17.6. The van der Waals surface area contributed by atoms with Gasteiger partial charge < -0.3 is 15.1 Å². The molecule has 25 heavy (non-hydrogen) atoms. The normalized spacial score (nSPS) is 15.9. The SMILES string of the molecule is CCN1CCC(N(Cc2cccs2)C(=O)Nc2ccccc2F)CC1. The number of para-hydroxylation sites is 1. The molecule has 2 amide bonds. The van der Waals surface area contributed by atoms with Gasteiger partial charge in [-0.1, -0.05) is 25.1 Å². The fourth-order valence-electron chi connectivity index (χ4n) is 3.23. The summed E-state index contributed by atoms with van der Waals surface area (Å²) in [5.74, 6) is -0.410. The van der Waals surface area contributed by atoms with Crippen LogP contribution in [-0.4, -0.2) is 41.5 Å². The van der Waals surface area contributed by atoms with Crippen molar-refractivity contribution in [3.8, 4) is 0 Å². The maximum Gasteiger partial charge on any atom is 0.322 e. The van der Waals surface area contributed by atoms with Gasteiger partial charge >= 0.3 is 6.03 Å². The number of halogens is 1. The van der Waals surface area contributed by atoms with Gasteiger partial charge in [-0.15, -0.1) is 11.3 Å². The molecule has 134 valence electrons. The second-order valence-corrected chi connectivity index (χ2v) is 7.31. The molecule has 1 aromatic heterocycles. The van der Waals surface area contributed by atoms with Gasteiger partial charge in [-0.25, -0.2) is 9.18 Å². The highest BCUT2D eigenvalue weighted by Gasteiger charge is 2.28. The van der Waals surface area contributed by atoms with Crippen LogP contribution < -0.4 is 5.32 Å². The lowest BCUT2D eigenvalue weighted by Gasteiger charge is -2.38. The molecule has 1 aliphatic heterocycles. The van der Waals surface area contributed by atoms with Crippen LogP contribution in [0.2, 0.25) is 0 Å². The Morgan fingerprint density at radius 3 is 2.68 bits per heavy atom. The second-order valence-electron chi connectivity index (χ2n) is 6.28. The van der Waals surface area contributed by atoms with Crippen molar-refractivity contribution < 1.29 is 9.18 Å². The van der Waals surface area contributed by atoms with E-state index in [1.807, 2.05) is 22.4 Å². The van der Waals surface area contributed by atoms with Gasteiger partial charge in [-0.05, 0) is 43.0 Å². The number of hydrogen-bond donors (Lipinski definition) is 1. The van der Waals surface area contributed by atoms with Crippen LogP contribution in [0.5, 0.6) is 0 Å². The third-order valence-electron chi connectivity index (χ3n) is 4.73. The highest BCUT2D eigenvalue weighted by Crippen LogP contribution is 2.23. The summed E-state index contributed by atoms with van der Waals surface area (Å²) in [4.78, 5) is 18.3. The fourth-order valence-corrected chi connectivity index (χ4v) is 3.94. The number of nitrogens with zero attached hydrogens (tertiary/aromatic N) is 2. The largest absolute Gasteiger partial charge is 0.322 e. The van der Waals surface area contributed by atoms with Crippen LogP contribution in [0, 0.1) is 5.82 Å². The van der Waals surface area contributed by atoms with Gasteiger partial charge in [0.25, 0.3) is 0 Å². The molecule has 0 radical (unpaired) electrons. The van der Waals surface area contributed by atoms with E-state index in [2.05, 4.69) is 17.1 Å². The molecule has 3 rings (SSSR count). The van der Waals surface area contributed by atoms with Gasteiger partial charge in [0.1, 0.15) is 5.82 Å². The predicted octanol–water partition coefficient (Wildman–Crippen LogP) is 4.41. The Kier molecular flexibility index (Phi) is 6.04. The van der Waals surface area contributed by atoms with Crippen LogP contribution in [0.15, 0.2) is 41.8 Å². The number of anilines is 1. The van der Waals surface area contributed by atoms with Crippen LogP contribution >= 0.6 is 11.3 Å². The summed E-state index contributed by atoms with van der Waals surface area (Å²) in [5.41, 5.74) is 0.231. The number of benzene rings is 1. The molecular weight excluding hydrogens is 337 g/mol. The van der Waals surface area contributed by atoms with E-state index in [1.165, 1.54) is 6.07 Å². The molecule has 0 saturated carbocycles. The summed E-state index contributed by atoms with van der Waals surface area (Å²) in [7, 11) is 0. The van der Waals surface area contributed by atoms with E-state index in [0.29, 0.717) is 6.54 Å². The Balaban J connectivity index is 1.73. The average molecular weight is 361 g/mol. The number of rotatable bonds is 5. The van der Waals surface area contributed by atoms with E-state index in [4.69, 9.17) is 0 Å². The number of amides is 2. The standard InChI is InChI=1S/C19H24FN3OS/c1-2-22-11-9-15(10-12-22)23(14-16-6-5-13-25-16)19(24)21-18-8-4-3-7-17(18)20/h3-8,13,15H,2,9-12,14H2,1H3,(H,21,24). The van der Waals surface area contributed by atoms with Crippen molar-refractivity contribution in [2.45, 2.75) is 32.4 Å². The van der Waals surface area contributed by atoms with Crippen LogP contribution in [0.3, 0.4) is 0 Å². The van der Waals surface area contributed by atoms with Gasteiger partial charge in [-0.2, -0.15) is 0 Å². The number of nitrogens with one attached hydrogen (secondary N) is 1. The first kappa shape index (κ1) is 17.9. The van der Waals surface area contributed by atoms with Crippen molar-refractivity contribution in [2.24, 2.45) is 0 Å². The summed E-state index contributed by atoms with van der Waals surface area (Å²) in [6.45, 7) is 5.76. The quantitative estimate of drug-likeness (QED) is 0.856. The molecule has 1 aromatic carbocycles. The zero-order valence-corrected chi connectivity index (χ0v) is 15.3. The minimum absolute atomic E-state index is 0.177. The smallest absolute Gasteiger partial charge is 0.316 e. The van der Waals surface area contributed by atoms with Gasteiger partial charge in [0.2, 0.25) is 0 Å². The number of urea groups is 1. The molecule has 2 heterocycles. The van der Waals surface area contributed by atoms with Gasteiger partial charge in [-0.3, -0.25) is 0 Å². The van der Waals surface area contributed by atoms with Crippen LogP contribution in [-0.2, 0) is 6.54 Å². The van der Waals surface area contributed by atoms with E-state index in [-0.39, 0.29) is 17.8 Å². The second kappa shape index (κ2) is 8.45. The molecule has 1 saturated heterocycles. The Morgan fingerprint density at radius 2 is 2.04 bits per heavy atom. The molecule has 0 spiro atoms. The molecule has 0 unspecified atom stereocenters. The molecule has 0 aliphatic carbocycles. The number of piperidine rings is 1. The lowest BCUT2D eigenvalue weighted by Crippen LogP contribution is -2.48. The predicted molar refractivity (Wildman–Crippen MR) is 100 cm³/mol. The topological polar surface area (TPSA) is 35.6 Å². The van der Waals surface area contributed by atoms with Gasteiger partial charge in [0.05, 0.1) is 12.2 Å². The van der Waals surface area contributed by atoms with Crippen molar-refractivity contribution in [2.75, 3.05) is 25.0 Å². The third-order valence-corrected chi connectivity index (χ3v) is 5.59. The Labute approximate surface area is 152 Å². The number of carbonyl (C=O) groups is 1. The summed E-state index contributed by atoms with van der Waals surface area (Å²) < 4.78 is 13.9. The monoisotopic (exact) mass is 361 g/mol. The minimum atomic E-state index is -0.410. The highest BCUT2D eigenvalue weighted by molar-refractivity contribution is 7.09. The molecule has 1 fully saturated rings. The summed E-state index contributed by atoms with van der Waals surface area (Å²) >= 11 is 1.64. The van der Waals surface area contributed by atoms with E-state index < -0.39 is 5.82 Å². The van der Waals surface area contributed by atoms with Crippen molar-refractivity contribution in [3.63, 3.8) is 0 Å². The molecular formula is C19H24FN3OS. The van der Waals surface area contributed by atoms with Gasteiger partial charge in [0, 0.05) is 24.0 Å². The first-order valence-electron chi connectivity index (χ1n) is 8.74. The number of carbonyl (C=O) groups excluding carboxylic acids is 1. The Morgan fingerprint density at radius 1 is 1.28 bits per heavy atom. The minimum Gasteiger partial charge on any atom is -0.316 e. The molecule has 1 N–H and O–H groups in total. The van der Waals surface area contributed by atoms with E-state index in [0.717, 1.165) is 37.4 Å². The summed E-state index contributed by atoms with van der Waals surface area (Å²) in [6, 6.07) is 10.3. The lowest BCUT2D eigenvalue weighted by atomic mass is 10.0. The summed E-state index contributed by atoms with van der Waals surface area (Å²) in [6.07, 6.45) is 1.90. The van der Waals surface area contributed by atoms with E-state index in [9.17, 15) is 9.18 Å². The lowest BCUT2D eigenvalue weighted by molar-refractivity contribution is 0.127. The molecule has 0 atom stereocenters. The third kappa shape index (κ3) is 4.58. The Hall–Kier alpha value is -1.92.